The van der Waals surface area contributed by atoms with Crippen LogP contribution in [0.3, 0.4) is 0 Å². The molecule has 22 nitrogen and oxygen atoms in total. The first-order valence-electron chi connectivity index (χ1n) is 12.9. The number of anilines is 2. The van der Waals surface area contributed by atoms with Crippen molar-refractivity contribution >= 4 is 49.7 Å². The van der Waals surface area contributed by atoms with Crippen LogP contribution in [0.4, 0.5) is 16.2 Å². The molecule has 7 heterocycles. The lowest BCUT2D eigenvalue weighted by Gasteiger charge is -2.30. The SMILES string of the molecule is Nc1nc2c(ncn2[C@@H]2O[C@@H]3COP(=O)([O-])O[C@H]4[C@@H](F)[C@H](n5cnc6c(N)ncnc65)O[C@@H]4COP(=O)(O)O[C@@H]2[C@@H]3O)c(=O)[nH]1. The highest BCUT2D eigenvalue weighted by Gasteiger charge is 2.53. The van der Waals surface area contributed by atoms with Gasteiger partial charge in [-0.05, 0) is 0 Å². The maximum Gasteiger partial charge on any atom is 0.472 e. The zero-order chi connectivity index (χ0) is 31.8. The maximum absolute atomic E-state index is 15.8. The first-order chi connectivity index (χ1) is 21.3. The van der Waals surface area contributed by atoms with Crippen molar-refractivity contribution in [2.75, 3.05) is 24.7 Å². The van der Waals surface area contributed by atoms with E-state index in [1.54, 1.807) is 0 Å². The zero-order valence-electron chi connectivity index (χ0n) is 22.3. The van der Waals surface area contributed by atoms with Gasteiger partial charge in [-0.2, -0.15) is 4.98 Å². The van der Waals surface area contributed by atoms with Gasteiger partial charge in [0.25, 0.3) is 13.4 Å². The third-order valence-electron chi connectivity index (χ3n) is 7.27. The second kappa shape index (κ2) is 10.8. The van der Waals surface area contributed by atoms with Gasteiger partial charge >= 0.3 is 7.82 Å². The molecule has 10 atom stereocenters. The number of H-pyrrole nitrogens is 1. The number of imidazole rings is 2. The summed E-state index contributed by atoms with van der Waals surface area (Å²) in [5, 5.41) is 11.0. The molecule has 0 radical (unpaired) electrons. The quantitative estimate of drug-likeness (QED) is 0.143. The van der Waals surface area contributed by atoms with Crippen LogP contribution in [0.15, 0.2) is 23.8 Å². The molecule has 4 aromatic heterocycles. The van der Waals surface area contributed by atoms with Crippen molar-refractivity contribution in [3.05, 3.63) is 29.3 Å². The van der Waals surface area contributed by atoms with E-state index in [1.807, 2.05) is 0 Å². The number of alkyl halides is 1. The Morgan fingerprint density at radius 3 is 2.42 bits per heavy atom. The molecule has 25 heteroatoms. The number of nitrogens with one attached hydrogen (secondary N) is 1. The van der Waals surface area contributed by atoms with Crippen LogP contribution in [0.5, 0.6) is 0 Å². The molecule has 0 aromatic carbocycles. The summed E-state index contributed by atoms with van der Waals surface area (Å²) in [5.41, 5.74) is 10.5. The molecule has 45 heavy (non-hydrogen) atoms. The van der Waals surface area contributed by atoms with E-state index in [-0.39, 0.29) is 34.1 Å². The average molecular weight is 675 g/mol. The van der Waals surface area contributed by atoms with Crippen molar-refractivity contribution < 1.29 is 56.0 Å². The van der Waals surface area contributed by atoms with Gasteiger partial charge in [-0.1, -0.05) is 0 Å². The van der Waals surface area contributed by atoms with Crippen LogP contribution in [0.1, 0.15) is 12.5 Å². The van der Waals surface area contributed by atoms with E-state index < -0.39 is 83.6 Å². The molecular weight excluding hydrogens is 653 g/mol. The second-order valence-corrected chi connectivity index (χ2v) is 12.8. The molecule has 0 amide bonds. The number of nitrogens with zero attached hydrogens (tertiary/aromatic N) is 7. The third-order valence-corrected chi connectivity index (χ3v) is 9.22. The first kappa shape index (κ1) is 30.2. The Morgan fingerprint density at radius 2 is 1.64 bits per heavy atom. The number of aliphatic hydroxyl groups excluding tert-OH is 1. The van der Waals surface area contributed by atoms with E-state index in [9.17, 15) is 28.8 Å². The van der Waals surface area contributed by atoms with Crippen LogP contribution >= 0.6 is 15.6 Å². The Hall–Kier alpha value is -3.47. The number of rotatable bonds is 2. The van der Waals surface area contributed by atoms with Crippen molar-refractivity contribution in [3.63, 3.8) is 0 Å². The standard InChI is InChI=1S/C20H23FN10O12P2/c21-8-12-7(41-18(8)30-4-26-9-14(22)24-3-25-15(9)30)2-39-45(36,37)43-13-11(32)6(1-38-44(34,35)42-12)40-19(13)31-5-27-10-16(31)28-20(23)29-17(10)33/h3-8,11-13,18-19,32H,1-2H2,(H,34,35)(H,36,37)(H2,22,24,25)(H3,23,28,29,33)/p-1/t6-,7-,8-,11-,12-,13-,18-,19-/m1/s1. The summed E-state index contributed by atoms with van der Waals surface area (Å²) in [7, 11) is -10.6. The highest BCUT2D eigenvalue weighted by atomic mass is 31.2. The van der Waals surface area contributed by atoms with Crippen molar-refractivity contribution in [2.24, 2.45) is 0 Å². The largest absolute Gasteiger partial charge is 0.756 e. The minimum absolute atomic E-state index is 0.0165. The molecule has 3 fully saturated rings. The van der Waals surface area contributed by atoms with Crippen molar-refractivity contribution in [1.29, 1.82) is 0 Å². The molecule has 242 valence electrons. The number of hydrogen-bond acceptors (Lipinski definition) is 18. The molecule has 3 aliphatic heterocycles. The third kappa shape index (κ3) is 5.30. The molecule has 7 N–H and O–H groups in total. The van der Waals surface area contributed by atoms with Gasteiger partial charge in [0.05, 0.1) is 25.9 Å². The number of nitrogens with two attached hydrogens (primary N) is 2. The summed E-state index contributed by atoms with van der Waals surface area (Å²) in [6.45, 7) is -1.86. The number of phosphoric acid groups is 2. The minimum Gasteiger partial charge on any atom is -0.756 e. The van der Waals surface area contributed by atoms with Crippen molar-refractivity contribution in [2.45, 2.75) is 49.1 Å². The Morgan fingerprint density at radius 1 is 0.956 bits per heavy atom. The summed E-state index contributed by atoms with van der Waals surface area (Å²) in [6.07, 6.45) is -10.8. The molecule has 4 aromatic rings. The molecule has 2 bridgehead atoms. The lowest BCUT2D eigenvalue weighted by atomic mass is 10.1. The molecule has 3 aliphatic rings. The normalized spacial score (nSPS) is 37.7. The van der Waals surface area contributed by atoms with Crippen molar-refractivity contribution in [1.82, 2.24) is 39.0 Å². The monoisotopic (exact) mass is 675 g/mol. The Bertz CT molecular complexity index is 1940. The predicted octanol–water partition coefficient (Wildman–Crippen LogP) is -2.00. The Kier molecular flexibility index (Phi) is 7.26. The van der Waals surface area contributed by atoms with Gasteiger partial charge in [-0.25, -0.2) is 28.9 Å². The van der Waals surface area contributed by atoms with E-state index in [4.69, 9.17) is 39.0 Å². The van der Waals surface area contributed by atoms with Crippen LogP contribution in [-0.4, -0.2) is 98.9 Å². The summed E-state index contributed by atoms with van der Waals surface area (Å²) in [6, 6.07) is 0. The number of aliphatic hydroxyl groups is 1. The van der Waals surface area contributed by atoms with Gasteiger partial charge in [0, 0.05) is 0 Å². The van der Waals surface area contributed by atoms with Crippen LogP contribution < -0.4 is 21.9 Å². The average Bonchev–Trinajstić information content (AvgIpc) is 3.72. The smallest absolute Gasteiger partial charge is 0.472 e. The summed E-state index contributed by atoms with van der Waals surface area (Å²) in [5.74, 6) is -0.319. The fourth-order valence-electron chi connectivity index (χ4n) is 5.25. The number of aromatic nitrogens is 8. The van der Waals surface area contributed by atoms with E-state index in [0.29, 0.717) is 0 Å². The molecule has 7 rings (SSSR count). The fraction of sp³-hybridized carbons (Fsp3) is 0.500. The number of fused-ring (bicyclic) bond motifs is 5. The Labute approximate surface area is 248 Å². The molecule has 3 saturated heterocycles. The van der Waals surface area contributed by atoms with Crippen LogP contribution in [0, 0.1) is 0 Å². The van der Waals surface area contributed by atoms with Gasteiger partial charge in [-0.15, -0.1) is 0 Å². The van der Waals surface area contributed by atoms with Crippen LogP contribution in [0.25, 0.3) is 22.3 Å². The fourth-order valence-corrected chi connectivity index (χ4v) is 7.13. The predicted molar refractivity (Wildman–Crippen MR) is 140 cm³/mol. The lowest BCUT2D eigenvalue weighted by molar-refractivity contribution is -0.235. The number of hydrogen-bond donors (Lipinski definition) is 5. The highest BCUT2D eigenvalue weighted by Crippen LogP contribution is 2.53. The molecule has 0 saturated carbocycles. The van der Waals surface area contributed by atoms with Gasteiger partial charge in [0.2, 0.25) is 5.95 Å². The second-order valence-electron chi connectivity index (χ2n) is 10.1. The van der Waals surface area contributed by atoms with Gasteiger partial charge in [0.15, 0.2) is 41.3 Å². The summed E-state index contributed by atoms with van der Waals surface area (Å²) in [4.78, 5) is 57.8. The van der Waals surface area contributed by atoms with Gasteiger partial charge in [-0.3, -0.25) is 32.5 Å². The number of ether oxygens (including phenoxy) is 2. The number of nitrogen functional groups attached to an aromatic ring is 2. The number of phosphoric ester groups is 2. The van der Waals surface area contributed by atoms with Crippen LogP contribution in [-0.2, 0) is 36.7 Å². The van der Waals surface area contributed by atoms with E-state index in [1.165, 1.54) is 0 Å². The van der Waals surface area contributed by atoms with Crippen LogP contribution in [0.2, 0.25) is 0 Å². The molecule has 0 aliphatic carbocycles. The van der Waals surface area contributed by atoms with E-state index in [0.717, 1.165) is 28.1 Å². The molecule has 2 unspecified atom stereocenters. The minimum atomic E-state index is -5.39. The summed E-state index contributed by atoms with van der Waals surface area (Å²) < 4.78 is 75.8. The molecule has 0 spiro atoms. The molecular formula is C20H22FN10O12P2-. The topological polar surface area (TPSA) is 312 Å². The lowest BCUT2D eigenvalue weighted by Crippen LogP contribution is -2.36. The number of aromatic amines is 1. The zero-order valence-corrected chi connectivity index (χ0v) is 24.1. The van der Waals surface area contributed by atoms with Crippen molar-refractivity contribution in [3.8, 4) is 0 Å². The maximum atomic E-state index is 15.8. The van der Waals surface area contributed by atoms with Gasteiger partial charge < -0.3 is 44.9 Å². The van der Waals surface area contributed by atoms with E-state index in [2.05, 4.69) is 29.9 Å². The first-order valence-corrected chi connectivity index (χ1v) is 15.9. The number of halogens is 1. The van der Waals surface area contributed by atoms with Gasteiger partial charge in [0.1, 0.15) is 42.4 Å². The summed E-state index contributed by atoms with van der Waals surface area (Å²) >= 11 is 0. The Balaban J connectivity index is 1.21. The van der Waals surface area contributed by atoms with E-state index >= 15 is 4.39 Å². The highest BCUT2D eigenvalue weighted by molar-refractivity contribution is 7.47.